The van der Waals surface area contributed by atoms with E-state index in [0.717, 1.165) is 13.0 Å². The van der Waals surface area contributed by atoms with Crippen molar-refractivity contribution >= 4 is 17.6 Å². The van der Waals surface area contributed by atoms with Crippen molar-refractivity contribution in [3.63, 3.8) is 0 Å². The summed E-state index contributed by atoms with van der Waals surface area (Å²) in [6.45, 7) is 4.29. The first-order valence-corrected chi connectivity index (χ1v) is 6.84. The second kappa shape index (κ2) is 6.83. The van der Waals surface area contributed by atoms with Gasteiger partial charge in [0.15, 0.2) is 5.69 Å². The van der Waals surface area contributed by atoms with Gasteiger partial charge in [-0.1, -0.05) is 6.92 Å². The summed E-state index contributed by atoms with van der Waals surface area (Å²) in [4.78, 5) is 25.1. The minimum atomic E-state index is -0.184. The topological polar surface area (TPSA) is 87.2 Å². The standard InChI is InChI=1S/C13H19N5O2/c1-2-6-14-11-4-3-10(16-17-11)13(20)18-8-5-12(19)15-7-9-18/h3-4H,2,5-9H2,1H3,(H,14,17)(H,15,19). The third-order valence-corrected chi connectivity index (χ3v) is 3.04. The Hall–Kier alpha value is -2.18. The summed E-state index contributed by atoms with van der Waals surface area (Å²) in [5.74, 6) is 0.456. The van der Waals surface area contributed by atoms with E-state index >= 15 is 0 Å². The monoisotopic (exact) mass is 277 g/mol. The molecule has 0 spiro atoms. The molecule has 1 aromatic heterocycles. The Morgan fingerprint density at radius 2 is 2.25 bits per heavy atom. The van der Waals surface area contributed by atoms with Crippen molar-refractivity contribution in [2.75, 3.05) is 31.5 Å². The van der Waals surface area contributed by atoms with Crippen LogP contribution in [0.3, 0.4) is 0 Å². The predicted molar refractivity (Wildman–Crippen MR) is 74.3 cm³/mol. The summed E-state index contributed by atoms with van der Waals surface area (Å²) < 4.78 is 0. The van der Waals surface area contributed by atoms with E-state index in [1.807, 2.05) is 0 Å². The minimum Gasteiger partial charge on any atom is -0.369 e. The Balaban J connectivity index is 1.99. The van der Waals surface area contributed by atoms with Crippen LogP contribution in [0.15, 0.2) is 12.1 Å². The Morgan fingerprint density at radius 3 is 2.95 bits per heavy atom. The zero-order valence-corrected chi connectivity index (χ0v) is 11.6. The molecule has 0 atom stereocenters. The molecule has 1 aliphatic rings. The third kappa shape index (κ3) is 3.66. The lowest BCUT2D eigenvalue weighted by molar-refractivity contribution is -0.120. The summed E-state index contributed by atoms with van der Waals surface area (Å²) in [5, 5.41) is 13.8. The first-order valence-electron chi connectivity index (χ1n) is 6.84. The van der Waals surface area contributed by atoms with Gasteiger partial charge in [0.2, 0.25) is 5.91 Å². The molecule has 2 N–H and O–H groups in total. The number of carbonyl (C=O) groups is 2. The average molecular weight is 277 g/mol. The quantitative estimate of drug-likeness (QED) is 0.824. The maximum atomic E-state index is 12.2. The van der Waals surface area contributed by atoms with Crippen LogP contribution in [0.1, 0.15) is 30.3 Å². The van der Waals surface area contributed by atoms with Crippen LogP contribution >= 0.6 is 0 Å². The summed E-state index contributed by atoms with van der Waals surface area (Å²) >= 11 is 0. The van der Waals surface area contributed by atoms with Gasteiger partial charge in [0.05, 0.1) is 0 Å². The molecule has 108 valence electrons. The molecule has 0 aliphatic carbocycles. The number of hydrogen-bond donors (Lipinski definition) is 2. The van der Waals surface area contributed by atoms with Crippen LogP contribution in [-0.4, -0.2) is 53.1 Å². The van der Waals surface area contributed by atoms with Crippen molar-refractivity contribution in [2.45, 2.75) is 19.8 Å². The average Bonchev–Trinajstić information content (AvgIpc) is 2.70. The Bertz CT molecular complexity index is 474. The highest BCUT2D eigenvalue weighted by molar-refractivity contribution is 5.92. The number of carbonyl (C=O) groups excluding carboxylic acids is 2. The van der Waals surface area contributed by atoms with E-state index in [9.17, 15) is 9.59 Å². The molecule has 0 radical (unpaired) electrons. The second-order valence-electron chi connectivity index (χ2n) is 4.62. The molecule has 7 heteroatoms. The van der Waals surface area contributed by atoms with Gasteiger partial charge in [0.1, 0.15) is 5.82 Å². The maximum Gasteiger partial charge on any atom is 0.274 e. The molecule has 1 saturated heterocycles. The van der Waals surface area contributed by atoms with Crippen LogP contribution < -0.4 is 10.6 Å². The molecule has 20 heavy (non-hydrogen) atoms. The zero-order chi connectivity index (χ0) is 14.4. The first kappa shape index (κ1) is 14.2. The van der Waals surface area contributed by atoms with E-state index in [-0.39, 0.29) is 11.8 Å². The molecular weight excluding hydrogens is 258 g/mol. The number of hydrogen-bond acceptors (Lipinski definition) is 5. The lowest BCUT2D eigenvalue weighted by Gasteiger charge is -2.18. The SMILES string of the molecule is CCCNc1ccc(C(=O)N2CCNC(=O)CC2)nn1. The molecule has 0 unspecified atom stereocenters. The molecule has 1 fully saturated rings. The smallest absolute Gasteiger partial charge is 0.274 e. The van der Waals surface area contributed by atoms with Gasteiger partial charge in [-0.2, -0.15) is 0 Å². The minimum absolute atomic E-state index is 0.0227. The van der Waals surface area contributed by atoms with E-state index in [2.05, 4.69) is 27.8 Å². The molecule has 7 nitrogen and oxygen atoms in total. The summed E-state index contributed by atoms with van der Waals surface area (Å²) in [5.41, 5.74) is 0.307. The molecule has 2 amide bonds. The van der Waals surface area contributed by atoms with Crippen molar-refractivity contribution in [1.82, 2.24) is 20.4 Å². The van der Waals surface area contributed by atoms with Gasteiger partial charge in [-0.25, -0.2) is 0 Å². The van der Waals surface area contributed by atoms with Gasteiger partial charge < -0.3 is 15.5 Å². The van der Waals surface area contributed by atoms with Crippen molar-refractivity contribution in [3.8, 4) is 0 Å². The highest BCUT2D eigenvalue weighted by atomic mass is 16.2. The Kier molecular flexibility index (Phi) is 4.86. The van der Waals surface area contributed by atoms with Gasteiger partial charge in [-0.15, -0.1) is 10.2 Å². The number of anilines is 1. The van der Waals surface area contributed by atoms with Crippen LogP contribution in [0.5, 0.6) is 0 Å². The number of nitrogens with one attached hydrogen (secondary N) is 2. The summed E-state index contributed by atoms with van der Waals surface area (Å²) in [6.07, 6.45) is 1.33. The summed E-state index contributed by atoms with van der Waals surface area (Å²) in [7, 11) is 0. The van der Waals surface area contributed by atoms with Gasteiger partial charge >= 0.3 is 0 Å². The van der Waals surface area contributed by atoms with Crippen molar-refractivity contribution in [3.05, 3.63) is 17.8 Å². The van der Waals surface area contributed by atoms with Gasteiger partial charge in [-0.05, 0) is 18.6 Å². The fraction of sp³-hybridized carbons (Fsp3) is 0.538. The highest BCUT2D eigenvalue weighted by Gasteiger charge is 2.20. The van der Waals surface area contributed by atoms with E-state index in [4.69, 9.17) is 0 Å². The van der Waals surface area contributed by atoms with Crippen LogP contribution in [0.4, 0.5) is 5.82 Å². The lowest BCUT2D eigenvalue weighted by Crippen LogP contribution is -2.34. The van der Waals surface area contributed by atoms with Crippen molar-refractivity contribution in [2.24, 2.45) is 0 Å². The molecular formula is C13H19N5O2. The number of aromatic nitrogens is 2. The highest BCUT2D eigenvalue weighted by Crippen LogP contribution is 2.07. The van der Waals surface area contributed by atoms with E-state index in [1.54, 1.807) is 17.0 Å². The number of amides is 2. The molecule has 1 aromatic rings. The van der Waals surface area contributed by atoms with Crippen LogP contribution in [0.2, 0.25) is 0 Å². The molecule has 2 rings (SSSR count). The van der Waals surface area contributed by atoms with Crippen molar-refractivity contribution < 1.29 is 9.59 Å². The van der Waals surface area contributed by atoms with Crippen LogP contribution in [0.25, 0.3) is 0 Å². The molecule has 0 bridgehead atoms. The Morgan fingerprint density at radius 1 is 1.40 bits per heavy atom. The second-order valence-corrected chi connectivity index (χ2v) is 4.62. The largest absolute Gasteiger partial charge is 0.369 e. The zero-order valence-electron chi connectivity index (χ0n) is 11.6. The molecule has 1 aliphatic heterocycles. The third-order valence-electron chi connectivity index (χ3n) is 3.04. The maximum absolute atomic E-state index is 12.2. The first-order chi connectivity index (χ1) is 9.70. The fourth-order valence-corrected chi connectivity index (χ4v) is 1.93. The molecule has 0 saturated carbocycles. The lowest BCUT2D eigenvalue weighted by atomic mass is 10.3. The van der Waals surface area contributed by atoms with Gasteiger partial charge in [0, 0.05) is 32.6 Å². The van der Waals surface area contributed by atoms with E-state index in [1.165, 1.54) is 0 Å². The van der Waals surface area contributed by atoms with Gasteiger partial charge in [0.25, 0.3) is 5.91 Å². The van der Waals surface area contributed by atoms with E-state index in [0.29, 0.717) is 37.6 Å². The van der Waals surface area contributed by atoms with Crippen LogP contribution in [0, 0.1) is 0 Å². The van der Waals surface area contributed by atoms with Crippen LogP contribution in [-0.2, 0) is 4.79 Å². The molecule has 0 aromatic carbocycles. The molecule has 2 heterocycles. The number of nitrogens with zero attached hydrogens (tertiary/aromatic N) is 3. The number of rotatable bonds is 4. The Labute approximate surface area is 117 Å². The van der Waals surface area contributed by atoms with Gasteiger partial charge in [-0.3, -0.25) is 9.59 Å². The summed E-state index contributed by atoms with van der Waals surface area (Å²) in [6, 6.07) is 3.41. The normalized spacial score (nSPS) is 15.4. The van der Waals surface area contributed by atoms with E-state index < -0.39 is 0 Å². The predicted octanol–water partition coefficient (Wildman–Crippen LogP) is 0.261. The van der Waals surface area contributed by atoms with Crippen molar-refractivity contribution in [1.29, 1.82) is 0 Å². The fourth-order valence-electron chi connectivity index (χ4n) is 1.93.